The van der Waals surface area contributed by atoms with Crippen LogP contribution in [0.1, 0.15) is 10.4 Å². The number of carbonyl (C=O) groups is 2. The number of nitrogens with zero attached hydrogens (tertiary/aromatic N) is 5. The van der Waals surface area contributed by atoms with Gasteiger partial charge < -0.3 is 24.0 Å². The Morgan fingerprint density at radius 3 is 2.24 bits per heavy atom. The minimum absolute atomic E-state index is 0.0811. The van der Waals surface area contributed by atoms with Gasteiger partial charge in [0.05, 0.1) is 29.6 Å². The van der Waals surface area contributed by atoms with E-state index in [0.717, 1.165) is 60.1 Å². The third-order valence-corrected chi connectivity index (χ3v) is 6.13. The number of fused-ring (bicyclic) bond motifs is 1. The van der Waals surface area contributed by atoms with E-state index in [1.165, 1.54) is 0 Å². The number of benzene rings is 1. The van der Waals surface area contributed by atoms with E-state index in [9.17, 15) is 18.0 Å². The summed E-state index contributed by atoms with van der Waals surface area (Å²) in [4.78, 5) is 26.4. The van der Waals surface area contributed by atoms with Crippen molar-refractivity contribution in [3.05, 3.63) is 72.6 Å². The topological polar surface area (TPSA) is 92.3 Å². The molecule has 1 aromatic carbocycles. The van der Waals surface area contributed by atoms with E-state index in [1.807, 2.05) is 81.0 Å². The summed E-state index contributed by atoms with van der Waals surface area (Å²) in [5.41, 5.74) is 4.29. The first-order valence-corrected chi connectivity index (χ1v) is 11.7. The lowest BCUT2D eigenvalue weighted by atomic mass is 10.2. The number of hydrogen-bond acceptors (Lipinski definition) is 5. The molecule has 1 saturated heterocycles. The molecule has 1 N–H and O–H groups in total. The Labute approximate surface area is 216 Å². The molecule has 0 atom stereocenters. The molecular weight excluding hydrogens is 503 g/mol. The number of ether oxygens (including phenoxy) is 1. The van der Waals surface area contributed by atoms with E-state index in [0.29, 0.717) is 0 Å². The molecule has 38 heavy (non-hydrogen) atoms. The maximum Gasteiger partial charge on any atom is 0.490 e. The molecule has 0 bridgehead atoms. The number of carboxylic acid groups (broad SMARTS) is 1. The molecule has 12 heteroatoms. The lowest BCUT2D eigenvalue weighted by Gasteiger charge is -2.32. The number of pyridine rings is 1. The van der Waals surface area contributed by atoms with Crippen molar-refractivity contribution in [2.24, 2.45) is 0 Å². The van der Waals surface area contributed by atoms with E-state index >= 15 is 0 Å². The molecule has 0 aliphatic carbocycles. The zero-order valence-electron chi connectivity index (χ0n) is 20.7. The Morgan fingerprint density at radius 1 is 0.974 bits per heavy atom. The van der Waals surface area contributed by atoms with Crippen molar-refractivity contribution in [3.63, 3.8) is 0 Å². The van der Waals surface area contributed by atoms with Crippen LogP contribution in [0.2, 0.25) is 0 Å². The number of rotatable bonds is 4. The first kappa shape index (κ1) is 26.7. The second-order valence-corrected chi connectivity index (χ2v) is 8.64. The highest BCUT2D eigenvalue weighted by Gasteiger charge is 2.38. The second-order valence-electron chi connectivity index (χ2n) is 8.64. The summed E-state index contributed by atoms with van der Waals surface area (Å²) in [6.07, 6.45) is -1.17. The predicted molar refractivity (Wildman–Crippen MR) is 134 cm³/mol. The fourth-order valence-electron chi connectivity index (χ4n) is 4.04. The largest absolute Gasteiger partial charge is 0.497 e. The minimum atomic E-state index is -5.08. The van der Waals surface area contributed by atoms with Crippen LogP contribution in [0.25, 0.3) is 22.6 Å². The van der Waals surface area contributed by atoms with E-state index < -0.39 is 12.1 Å². The van der Waals surface area contributed by atoms with Crippen molar-refractivity contribution in [1.29, 1.82) is 0 Å². The van der Waals surface area contributed by atoms with Gasteiger partial charge in [0.1, 0.15) is 11.4 Å². The number of halogens is 3. The Hall–Kier alpha value is -4.32. The summed E-state index contributed by atoms with van der Waals surface area (Å²) < 4.78 is 40.9. The van der Waals surface area contributed by atoms with Gasteiger partial charge in [0, 0.05) is 38.6 Å². The summed E-state index contributed by atoms with van der Waals surface area (Å²) in [7, 11) is 3.74. The summed E-state index contributed by atoms with van der Waals surface area (Å²) in [5, 5.41) is 11.9. The molecule has 5 rings (SSSR count). The van der Waals surface area contributed by atoms with Gasteiger partial charge in [-0.25, -0.2) is 9.48 Å². The van der Waals surface area contributed by atoms with E-state index in [1.54, 1.807) is 7.11 Å². The molecule has 0 spiro atoms. The molecule has 0 unspecified atom stereocenters. The van der Waals surface area contributed by atoms with Crippen LogP contribution >= 0.6 is 0 Å². The minimum Gasteiger partial charge on any atom is -0.497 e. The monoisotopic (exact) mass is 529 g/mol. The van der Waals surface area contributed by atoms with Crippen LogP contribution in [-0.2, 0) is 4.79 Å². The summed E-state index contributed by atoms with van der Waals surface area (Å²) in [5.74, 6) is -1.87. The van der Waals surface area contributed by atoms with Crippen molar-refractivity contribution in [2.75, 3.05) is 40.3 Å². The predicted octanol–water partition coefficient (Wildman–Crippen LogP) is 3.82. The lowest BCUT2D eigenvalue weighted by Crippen LogP contribution is -2.47. The Kier molecular flexibility index (Phi) is 7.72. The van der Waals surface area contributed by atoms with Gasteiger partial charge in [-0.15, -0.1) is 0 Å². The third-order valence-electron chi connectivity index (χ3n) is 6.13. The van der Waals surface area contributed by atoms with E-state index in [-0.39, 0.29) is 5.91 Å². The van der Waals surface area contributed by atoms with Crippen molar-refractivity contribution < 1.29 is 32.6 Å². The molecule has 200 valence electrons. The van der Waals surface area contributed by atoms with E-state index in [2.05, 4.69) is 11.9 Å². The SMILES string of the molecule is COc1ccc(-n2ccc(-c3cc(C(=O)N4CCN(C)CC4)c4ccccn34)n2)cc1.O=C(O)C(F)(F)F. The summed E-state index contributed by atoms with van der Waals surface area (Å²) in [6, 6.07) is 17.6. The molecule has 1 amide bonds. The summed E-state index contributed by atoms with van der Waals surface area (Å²) >= 11 is 0. The molecule has 4 heterocycles. The van der Waals surface area contributed by atoms with Crippen LogP contribution in [0.5, 0.6) is 5.75 Å². The molecule has 1 aliphatic rings. The Balaban J connectivity index is 0.000000426. The average molecular weight is 530 g/mol. The maximum absolute atomic E-state index is 13.3. The highest BCUT2D eigenvalue weighted by atomic mass is 19.4. The lowest BCUT2D eigenvalue weighted by molar-refractivity contribution is -0.192. The zero-order valence-corrected chi connectivity index (χ0v) is 20.7. The van der Waals surface area contributed by atoms with Crippen LogP contribution in [-0.4, -0.2) is 87.5 Å². The fraction of sp³-hybridized carbons (Fsp3) is 0.269. The number of aliphatic carboxylic acids is 1. The van der Waals surface area contributed by atoms with Gasteiger partial charge in [0.25, 0.3) is 5.91 Å². The van der Waals surface area contributed by atoms with Gasteiger partial charge >= 0.3 is 12.1 Å². The number of carboxylic acids is 1. The van der Waals surface area contributed by atoms with Crippen molar-refractivity contribution in [3.8, 4) is 22.8 Å². The Bertz CT molecular complexity index is 1420. The smallest absolute Gasteiger partial charge is 0.490 e. The number of carbonyl (C=O) groups excluding carboxylic acids is 1. The third kappa shape index (κ3) is 5.80. The number of hydrogen-bond donors (Lipinski definition) is 1. The molecule has 1 aliphatic heterocycles. The molecular formula is C26H26F3N5O4. The maximum atomic E-state index is 13.3. The molecule has 3 aromatic heterocycles. The van der Waals surface area contributed by atoms with Gasteiger partial charge in [0.2, 0.25) is 0 Å². The Morgan fingerprint density at radius 2 is 1.63 bits per heavy atom. The molecule has 4 aromatic rings. The van der Waals surface area contributed by atoms with Crippen molar-refractivity contribution in [2.45, 2.75) is 6.18 Å². The number of methoxy groups -OCH3 is 1. The quantitative estimate of drug-likeness (QED) is 0.432. The van der Waals surface area contributed by atoms with Gasteiger partial charge in [-0.05, 0) is 55.6 Å². The van der Waals surface area contributed by atoms with Gasteiger partial charge in [-0.3, -0.25) is 4.79 Å². The first-order valence-electron chi connectivity index (χ1n) is 11.7. The number of likely N-dealkylation sites (N-methyl/N-ethyl adjacent to an activating group) is 1. The van der Waals surface area contributed by atoms with Crippen LogP contribution in [0.4, 0.5) is 13.2 Å². The molecule has 1 fully saturated rings. The van der Waals surface area contributed by atoms with Gasteiger partial charge in [-0.1, -0.05) is 6.07 Å². The van der Waals surface area contributed by atoms with Crippen LogP contribution < -0.4 is 4.74 Å². The van der Waals surface area contributed by atoms with Crippen LogP contribution in [0, 0.1) is 0 Å². The average Bonchev–Trinajstić information content (AvgIpc) is 3.54. The van der Waals surface area contributed by atoms with Crippen LogP contribution in [0.3, 0.4) is 0 Å². The second kappa shape index (κ2) is 11.0. The number of aromatic nitrogens is 3. The summed E-state index contributed by atoms with van der Waals surface area (Å²) in [6.45, 7) is 3.30. The molecule has 0 radical (unpaired) electrons. The zero-order chi connectivity index (χ0) is 27.4. The molecule has 9 nitrogen and oxygen atoms in total. The highest BCUT2D eigenvalue weighted by molar-refractivity contribution is 6.02. The standard InChI is InChI=1S/C24H25N5O2.C2HF3O2/c1-26-13-15-27(16-14-26)24(30)20-17-23(28-11-4-3-5-22(20)28)21-10-12-29(25-21)18-6-8-19(31-2)9-7-18;3-2(4,5)1(6)7/h3-12,17H,13-16H2,1-2H3;(H,6,7). The fourth-order valence-corrected chi connectivity index (χ4v) is 4.04. The van der Waals surface area contributed by atoms with Crippen molar-refractivity contribution >= 4 is 17.4 Å². The number of piperazine rings is 1. The van der Waals surface area contributed by atoms with Crippen molar-refractivity contribution in [1.82, 2.24) is 24.0 Å². The van der Waals surface area contributed by atoms with Gasteiger partial charge in [-0.2, -0.15) is 18.3 Å². The number of alkyl halides is 3. The van der Waals surface area contributed by atoms with E-state index in [4.69, 9.17) is 19.7 Å². The first-order chi connectivity index (χ1) is 18.1. The van der Waals surface area contributed by atoms with Gasteiger partial charge in [0.15, 0.2) is 0 Å². The molecule has 0 saturated carbocycles. The number of amides is 1. The van der Waals surface area contributed by atoms with Crippen LogP contribution in [0.15, 0.2) is 67.0 Å². The highest BCUT2D eigenvalue weighted by Crippen LogP contribution is 2.27. The normalized spacial score (nSPS) is 14.2.